The van der Waals surface area contributed by atoms with E-state index >= 15 is 0 Å². The van der Waals surface area contributed by atoms with Gasteiger partial charge in [0, 0.05) is 21.0 Å². The Morgan fingerprint density at radius 3 is 2.59 bits per heavy atom. The molecule has 2 heterocycles. The summed E-state index contributed by atoms with van der Waals surface area (Å²) in [6.07, 6.45) is 0. The van der Waals surface area contributed by atoms with Crippen molar-refractivity contribution >= 4 is 22.9 Å². The standard InChI is InChI=1S/C17H11ClN2OS/c1-10-6-7-16(22-10)15-8-12(13(9-19)17(21)20-15)11-4-2-3-5-14(11)18/h2-8H,1H3,(H,20,21). The SMILES string of the molecule is Cc1ccc(-c2cc(-c3ccccc3Cl)c(C#N)c(=O)[nH]2)s1. The van der Waals surface area contributed by atoms with Crippen LogP contribution in [-0.2, 0) is 0 Å². The van der Waals surface area contributed by atoms with Gasteiger partial charge in [0.2, 0.25) is 0 Å². The molecule has 5 heteroatoms. The molecule has 2 aromatic heterocycles. The number of nitrogens with zero attached hydrogens (tertiary/aromatic N) is 1. The quantitative estimate of drug-likeness (QED) is 0.748. The molecule has 0 spiro atoms. The summed E-state index contributed by atoms with van der Waals surface area (Å²) in [4.78, 5) is 17.1. The van der Waals surface area contributed by atoms with Crippen LogP contribution in [0.5, 0.6) is 0 Å². The molecule has 22 heavy (non-hydrogen) atoms. The Labute approximate surface area is 136 Å². The van der Waals surface area contributed by atoms with Crippen LogP contribution in [0.15, 0.2) is 47.3 Å². The number of nitriles is 1. The first-order valence-electron chi connectivity index (χ1n) is 6.59. The highest BCUT2D eigenvalue weighted by molar-refractivity contribution is 7.15. The number of rotatable bonds is 2. The molecule has 0 fully saturated rings. The number of aromatic nitrogens is 1. The van der Waals surface area contributed by atoms with Gasteiger partial charge in [-0.3, -0.25) is 4.79 Å². The highest BCUT2D eigenvalue weighted by Gasteiger charge is 2.15. The molecule has 0 saturated heterocycles. The van der Waals surface area contributed by atoms with Crippen LogP contribution >= 0.6 is 22.9 Å². The summed E-state index contributed by atoms with van der Waals surface area (Å²) in [6, 6.07) is 14.9. The third-order valence-corrected chi connectivity index (χ3v) is 4.68. The lowest BCUT2D eigenvalue weighted by atomic mass is 10.0. The lowest BCUT2D eigenvalue weighted by molar-refractivity contribution is 1.23. The zero-order valence-corrected chi connectivity index (χ0v) is 13.3. The van der Waals surface area contributed by atoms with E-state index in [2.05, 4.69) is 4.98 Å². The third kappa shape index (κ3) is 2.57. The Bertz CT molecular complexity index is 950. The molecular formula is C17H11ClN2OS. The topological polar surface area (TPSA) is 56.6 Å². The van der Waals surface area contributed by atoms with Crippen LogP contribution in [0.3, 0.4) is 0 Å². The van der Waals surface area contributed by atoms with E-state index in [0.29, 0.717) is 21.8 Å². The zero-order valence-electron chi connectivity index (χ0n) is 11.7. The molecule has 0 atom stereocenters. The molecule has 1 N–H and O–H groups in total. The van der Waals surface area contributed by atoms with E-state index in [-0.39, 0.29) is 5.56 Å². The molecule has 0 radical (unpaired) electrons. The first kappa shape index (κ1) is 14.6. The van der Waals surface area contributed by atoms with Crippen molar-refractivity contribution in [3.8, 4) is 27.8 Å². The Morgan fingerprint density at radius 1 is 1.18 bits per heavy atom. The molecule has 1 aromatic carbocycles. The number of aryl methyl sites for hydroxylation is 1. The molecule has 0 saturated carbocycles. The summed E-state index contributed by atoms with van der Waals surface area (Å²) in [5, 5.41) is 9.82. The number of aromatic amines is 1. The van der Waals surface area contributed by atoms with Gasteiger partial charge in [-0.25, -0.2) is 0 Å². The van der Waals surface area contributed by atoms with E-state index < -0.39 is 5.56 Å². The van der Waals surface area contributed by atoms with Crippen molar-refractivity contribution in [1.29, 1.82) is 5.26 Å². The Morgan fingerprint density at radius 2 is 1.95 bits per heavy atom. The van der Waals surface area contributed by atoms with Crippen molar-refractivity contribution in [1.82, 2.24) is 4.98 Å². The third-order valence-electron chi connectivity index (χ3n) is 3.31. The smallest absolute Gasteiger partial charge is 0.266 e. The summed E-state index contributed by atoms with van der Waals surface area (Å²) in [7, 11) is 0. The largest absolute Gasteiger partial charge is 0.320 e. The van der Waals surface area contributed by atoms with Crippen LogP contribution in [0.4, 0.5) is 0 Å². The number of hydrogen-bond donors (Lipinski definition) is 1. The van der Waals surface area contributed by atoms with Crippen molar-refractivity contribution in [3.63, 3.8) is 0 Å². The van der Waals surface area contributed by atoms with Crippen molar-refractivity contribution in [3.05, 3.63) is 68.3 Å². The van der Waals surface area contributed by atoms with Crippen LogP contribution in [0.25, 0.3) is 21.7 Å². The number of benzene rings is 1. The second-order valence-electron chi connectivity index (χ2n) is 4.80. The second kappa shape index (κ2) is 5.80. The molecule has 0 amide bonds. The van der Waals surface area contributed by atoms with Crippen molar-refractivity contribution < 1.29 is 0 Å². The molecule has 0 aliphatic carbocycles. The fraction of sp³-hybridized carbons (Fsp3) is 0.0588. The highest BCUT2D eigenvalue weighted by atomic mass is 35.5. The van der Waals surface area contributed by atoms with E-state index in [1.807, 2.05) is 43.3 Å². The van der Waals surface area contributed by atoms with Gasteiger partial charge in [-0.1, -0.05) is 29.8 Å². The maximum absolute atomic E-state index is 12.2. The minimum Gasteiger partial charge on any atom is -0.320 e. The number of pyridine rings is 1. The normalized spacial score (nSPS) is 10.4. The molecule has 3 rings (SSSR count). The van der Waals surface area contributed by atoms with Gasteiger partial charge < -0.3 is 4.98 Å². The van der Waals surface area contributed by atoms with E-state index in [9.17, 15) is 10.1 Å². The summed E-state index contributed by atoms with van der Waals surface area (Å²) in [6.45, 7) is 2.00. The first-order valence-corrected chi connectivity index (χ1v) is 7.78. The van der Waals surface area contributed by atoms with Gasteiger partial charge in [-0.2, -0.15) is 5.26 Å². The van der Waals surface area contributed by atoms with Crippen LogP contribution in [-0.4, -0.2) is 4.98 Å². The predicted molar refractivity (Wildman–Crippen MR) is 90.3 cm³/mol. The lowest BCUT2D eigenvalue weighted by Gasteiger charge is -2.08. The molecule has 0 bridgehead atoms. The summed E-state index contributed by atoms with van der Waals surface area (Å²) in [5.41, 5.74) is 1.60. The summed E-state index contributed by atoms with van der Waals surface area (Å²) >= 11 is 7.81. The Hall–Kier alpha value is -2.35. The fourth-order valence-electron chi connectivity index (χ4n) is 2.27. The van der Waals surface area contributed by atoms with Gasteiger partial charge in [0.05, 0.1) is 10.6 Å². The lowest BCUT2D eigenvalue weighted by Crippen LogP contribution is -2.12. The van der Waals surface area contributed by atoms with Crippen LogP contribution < -0.4 is 5.56 Å². The van der Waals surface area contributed by atoms with E-state index in [0.717, 1.165) is 9.75 Å². The Balaban J connectivity index is 2.29. The Kier molecular flexibility index (Phi) is 3.84. The fourth-order valence-corrected chi connectivity index (χ4v) is 3.35. The maximum atomic E-state index is 12.2. The number of halogens is 1. The van der Waals surface area contributed by atoms with Gasteiger partial charge in [0.1, 0.15) is 11.6 Å². The van der Waals surface area contributed by atoms with Crippen molar-refractivity contribution in [2.24, 2.45) is 0 Å². The van der Waals surface area contributed by atoms with Crippen LogP contribution in [0.2, 0.25) is 5.02 Å². The first-order chi connectivity index (χ1) is 10.6. The molecule has 0 aliphatic rings. The number of hydrogen-bond acceptors (Lipinski definition) is 3. The van der Waals surface area contributed by atoms with Gasteiger partial charge >= 0.3 is 0 Å². The summed E-state index contributed by atoms with van der Waals surface area (Å²) in [5.74, 6) is 0. The average Bonchev–Trinajstić information content (AvgIpc) is 2.93. The average molecular weight is 327 g/mol. The van der Waals surface area contributed by atoms with Crippen molar-refractivity contribution in [2.75, 3.05) is 0 Å². The predicted octanol–water partition coefficient (Wildman–Crippen LogP) is 4.60. The van der Waals surface area contributed by atoms with E-state index in [1.165, 1.54) is 0 Å². The minimum absolute atomic E-state index is 0.0742. The minimum atomic E-state index is -0.402. The highest BCUT2D eigenvalue weighted by Crippen LogP contribution is 2.33. The molecule has 3 aromatic rings. The molecule has 0 aliphatic heterocycles. The van der Waals surface area contributed by atoms with Gasteiger partial charge in [-0.05, 0) is 31.2 Å². The van der Waals surface area contributed by atoms with E-state index in [4.69, 9.17) is 11.6 Å². The van der Waals surface area contributed by atoms with Crippen LogP contribution in [0.1, 0.15) is 10.4 Å². The monoisotopic (exact) mass is 326 g/mol. The maximum Gasteiger partial charge on any atom is 0.266 e. The number of nitrogens with one attached hydrogen (secondary N) is 1. The van der Waals surface area contributed by atoms with Gasteiger partial charge in [-0.15, -0.1) is 11.3 Å². The molecule has 0 unspecified atom stereocenters. The zero-order chi connectivity index (χ0) is 15.7. The number of thiophene rings is 1. The molecule has 108 valence electrons. The van der Waals surface area contributed by atoms with Gasteiger partial charge in [0.25, 0.3) is 5.56 Å². The molecule has 3 nitrogen and oxygen atoms in total. The second-order valence-corrected chi connectivity index (χ2v) is 6.50. The van der Waals surface area contributed by atoms with E-state index in [1.54, 1.807) is 23.5 Å². The van der Waals surface area contributed by atoms with Gasteiger partial charge in [0.15, 0.2) is 0 Å². The summed E-state index contributed by atoms with van der Waals surface area (Å²) < 4.78 is 0. The van der Waals surface area contributed by atoms with Crippen molar-refractivity contribution in [2.45, 2.75) is 6.92 Å². The van der Waals surface area contributed by atoms with Crippen LogP contribution in [0, 0.1) is 18.3 Å². The number of H-pyrrole nitrogens is 1. The molecular weight excluding hydrogens is 316 g/mol.